The molecule has 0 aromatic rings. The zero-order chi connectivity index (χ0) is 66.0. The maximum absolute atomic E-state index is 14.9. The van der Waals surface area contributed by atoms with Crippen molar-refractivity contribution in [2.24, 2.45) is 41.4 Å². The number of rotatable bonds is 15. The Hall–Kier alpha value is -6.17. The normalized spacial score (nSPS) is 27.2. The summed E-state index contributed by atoms with van der Waals surface area (Å²) in [6, 6.07) is -13.2. The molecular weight excluding hydrogens is 1090 g/mol. The van der Waals surface area contributed by atoms with Gasteiger partial charge in [-0.25, -0.2) is 0 Å². The van der Waals surface area contributed by atoms with Crippen LogP contribution in [0.1, 0.15) is 150 Å². The van der Waals surface area contributed by atoms with Crippen LogP contribution in [-0.4, -0.2) is 226 Å². The minimum Gasteiger partial charge on any atom is -0.391 e. The molecule has 0 radical (unpaired) electrons. The van der Waals surface area contributed by atoms with Crippen molar-refractivity contribution < 1.29 is 63.0 Å². The number of allylic oxidation sites excluding steroid dienone is 2. The molecule has 7 N–H and O–H groups in total. The van der Waals surface area contributed by atoms with Crippen molar-refractivity contribution in [3.8, 4) is 0 Å². The Balaban J connectivity index is 4.31. The molecule has 0 bridgehead atoms. The standard InChI is InChI=1S/C61H109N11O13/c1-24-25-26-38(14)51(75)50-56(80)66-49(41(17)73)59(83)67(18)31-46(74)68(19)42(27-32(2)3)54(78)64-47(36(10)11)60(84)70(21)43(28-33(4)5)53(77)62-39(15)52(76)63-40(16)57(81)71(22)45(30-35(8)9)58(82)69(20)44(29-34(6)7)55(79)65-48(37(12)13)61(85)72(50)23/h24-25,32-45,47-51,73,75H,26-31H2,1-23H3,(H,62,77)(H,63,76)(H,64,78)(H,65,79)(H,66,80). The average Bonchev–Trinajstić information content (AvgIpc) is 3.60. The van der Waals surface area contributed by atoms with Crippen molar-refractivity contribution in [1.29, 1.82) is 0 Å². The summed E-state index contributed by atoms with van der Waals surface area (Å²) in [4.78, 5) is 166. The molecular formula is C61H109N11O13. The molecule has 24 heteroatoms. The monoisotopic (exact) mass is 1200 g/mol. The highest BCUT2D eigenvalue weighted by Crippen LogP contribution is 2.24. The largest absolute Gasteiger partial charge is 0.391 e. The third-order valence-electron chi connectivity index (χ3n) is 15.7. The minimum atomic E-state index is -1.74. The van der Waals surface area contributed by atoms with Crippen molar-refractivity contribution in [2.45, 2.75) is 222 Å². The van der Waals surface area contributed by atoms with Gasteiger partial charge in [-0.15, -0.1) is 0 Å². The summed E-state index contributed by atoms with van der Waals surface area (Å²) in [6.45, 7) is 28.3. The van der Waals surface area contributed by atoms with E-state index in [1.54, 1.807) is 53.7 Å². The van der Waals surface area contributed by atoms with Crippen molar-refractivity contribution in [1.82, 2.24) is 56.0 Å². The highest BCUT2D eigenvalue weighted by Gasteiger charge is 2.45. The first-order valence-electron chi connectivity index (χ1n) is 30.2. The van der Waals surface area contributed by atoms with Crippen LogP contribution in [-0.2, 0) is 52.7 Å². The highest BCUT2D eigenvalue weighted by atomic mass is 16.3. The Labute approximate surface area is 507 Å². The molecule has 85 heavy (non-hydrogen) atoms. The van der Waals surface area contributed by atoms with Crippen LogP contribution in [0.2, 0.25) is 0 Å². The predicted octanol–water partition coefficient (Wildman–Crippen LogP) is 1.90. The number of carbonyl (C=O) groups is 11. The molecule has 1 rings (SSSR count). The van der Waals surface area contributed by atoms with Crippen LogP contribution >= 0.6 is 0 Å². The average molecular weight is 1200 g/mol. The molecule has 0 aromatic heterocycles. The number of nitrogens with zero attached hydrogens (tertiary/aromatic N) is 6. The van der Waals surface area contributed by atoms with Crippen LogP contribution in [0.25, 0.3) is 0 Å². The van der Waals surface area contributed by atoms with E-state index >= 15 is 0 Å². The van der Waals surface area contributed by atoms with E-state index in [0.717, 1.165) is 14.7 Å². The van der Waals surface area contributed by atoms with E-state index in [2.05, 4.69) is 26.6 Å². The van der Waals surface area contributed by atoms with Gasteiger partial charge in [-0.1, -0.05) is 102 Å². The molecule has 1 fully saturated rings. The number of amides is 11. The SMILES string of the molecule is CC=CCC(C)C(O)C1C(=O)NC(C(C)O)C(=O)N(C)CC(=O)N(C)C(CC(C)C)C(=O)NC(C(C)C)C(=O)N(C)C(CC(C)C)C(=O)NC(C)C(=O)NC(C)C(=O)N(C)C(CC(C)C)C(=O)N(C)C(CC(C)C)C(=O)NC(C(C)C)C(=O)N1C. The summed E-state index contributed by atoms with van der Waals surface area (Å²) >= 11 is 0. The fourth-order valence-electron chi connectivity index (χ4n) is 10.2. The first-order valence-corrected chi connectivity index (χ1v) is 30.2. The van der Waals surface area contributed by atoms with Gasteiger partial charge in [0.15, 0.2) is 0 Å². The maximum Gasteiger partial charge on any atom is 0.248 e. The number of nitrogens with one attached hydrogen (secondary N) is 5. The highest BCUT2D eigenvalue weighted by molar-refractivity contribution is 5.99. The molecule has 13 unspecified atom stereocenters. The van der Waals surface area contributed by atoms with Gasteiger partial charge in [0.1, 0.15) is 60.4 Å². The third kappa shape index (κ3) is 22.2. The lowest BCUT2D eigenvalue weighted by molar-refractivity contribution is -0.152. The molecule has 486 valence electrons. The molecule has 1 aliphatic rings. The number of hydrogen-bond acceptors (Lipinski definition) is 13. The summed E-state index contributed by atoms with van der Waals surface area (Å²) in [7, 11) is 8.16. The van der Waals surface area contributed by atoms with E-state index in [1.807, 2.05) is 55.4 Å². The first-order chi connectivity index (χ1) is 39.2. The smallest absolute Gasteiger partial charge is 0.248 e. The van der Waals surface area contributed by atoms with E-state index < -0.39 is 162 Å². The van der Waals surface area contributed by atoms with E-state index in [9.17, 15) is 63.0 Å². The van der Waals surface area contributed by atoms with Crippen LogP contribution in [0.15, 0.2) is 12.2 Å². The van der Waals surface area contributed by atoms with Crippen molar-refractivity contribution >= 4 is 65.0 Å². The van der Waals surface area contributed by atoms with E-state index in [1.165, 1.54) is 77.8 Å². The van der Waals surface area contributed by atoms with Gasteiger partial charge in [-0.2, -0.15) is 0 Å². The molecule has 1 heterocycles. The quantitative estimate of drug-likeness (QED) is 0.116. The molecule has 11 amide bonds. The molecule has 24 nitrogen and oxygen atoms in total. The molecule has 1 saturated heterocycles. The fraction of sp³-hybridized carbons (Fsp3) is 0.787. The van der Waals surface area contributed by atoms with Crippen LogP contribution in [0, 0.1) is 41.4 Å². The molecule has 0 aromatic carbocycles. The first kappa shape index (κ1) is 76.8. The predicted molar refractivity (Wildman–Crippen MR) is 325 cm³/mol. The van der Waals surface area contributed by atoms with Crippen LogP contribution in [0.5, 0.6) is 0 Å². The van der Waals surface area contributed by atoms with Gasteiger partial charge in [0, 0.05) is 42.3 Å². The van der Waals surface area contributed by atoms with Gasteiger partial charge in [-0.3, -0.25) is 52.7 Å². The Morgan fingerprint density at radius 2 is 0.800 bits per heavy atom. The van der Waals surface area contributed by atoms with Crippen LogP contribution in [0.3, 0.4) is 0 Å². The van der Waals surface area contributed by atoms with Gasteiger partial charge < -0.3 is 66.2 Å². The van der Waals surface area contributed by atoms with Gasteiger partial charge in [-0.05, 0) is 101 Å². The zero-order valence-corrected chi connectivity index (χ0v) is 55.4. The molecule has 13 atom stereocenters. The maximum atomic E-state index is 14.9. The molecule has 0 saturated carbocycles. The summed E-state index contributed by atoms with van der Waals surface area (Å²) < 4.78 is 0. The second-order valence-electron chi connectivity index (χ2n) is 25.9. The Morgan fingerprint density at radius 3 is 1.21 bits per heavy atom. The number of likely N-dealkylation sites (N-methyl/N-ethyl adjacent to an activating group) is 6. The van der Waals surface area contributed by atoms with Crippen LogP contribution < -0.4 is 26.6 Å². The lowest BCUT2D eigenvalue weighted by Gasteiger charge is -2.39. The van der Waals surface area contributed by atoms with Crippen LogP contribution in [0.4, 0.5) is 0 Å². The number of aliphatic hydroxyl groups excluding tert-OH is 2. The second-order valence-corrected chi connectivity index (χ2v) is 25.9. The lowest BCUT2D eigenvalue weighted by atomic mass is 9.91. The van der Waals surface area contributed by atoms with Gasteiger partial charge >= 0.3 is 0 Å². The van der Waals surface area contributed by atoms with Crippen molar-refractivity contribution in [3.63, 3.8) is 0 Å². The lowest BCUT2D eigenvalue weighted by Crippen LogP contribution is -2.64. The van der Waals surface area contributed by atoms with E-state index in [4.69, 9.17) is 0 Å². The van der Waals surface area contributed by atoms with Gasteiger partial charge in [0.25, 0.3) is 0 Å². The Kier molecular flexibility index (Phi) is 31.5. The topological polar surface area (TPSA) is 308 Å². The zero-order valence-electron chi connectivity index (χ0n) is 55.4. The summed E-state index contributed by atoms with van der Waals surface area (Å²) in [6.07, 6.45) is 1.08. The number of hydrogen-bond donors (Lipinski definition) is 7. The minimum absolute atomic E-state index is 0.107. The summed E-state index contributed by atoms with van der Waals surface area (Å²) in [5, 5.41) is 36.7. The van der Waals surface area contributed by atoms with Gasteiger partial charge in [0.05, 0.1) is 18.8 Å². The second kappa shape index (κ2) is 34.8. The van der Waals surface area contributed by atoms with E-state index in [-0.39, 0.29) is 55.8 Å². The molecule has 0 aliphatic carbocycles. The van der Waals surface area contributed by atoms with Gasteiger partial charge in [0.2, 0.25) is 65.0 Å². The van der Waals surface area contributed by atoms with E-state index in [0.29, 0.717) is 0 Å². The molecule has 1 aliphatic heterocycles. The number of aliphatic hydroxyl groups is 2. The van der Waals surface area contributed by atoms with Crippen molar-refractivity contribution in [3.05, 3.63) is 12.2 Å². The Morgan fingerprint density at radius 1 is 0.435 bits per heavy atom. The van der Waals surface area contributed by atoms with Crippen molar-refractivity contribution in [2.75, 3.05) is 48.8 Å². The third-order valence-corrected chi connectivity index (χ3v) is 15.7. The summed E-state index contributed by atoms with van der Waals surface area (Å²) in [5.41, 5.74) is 0. The fourth-order valence-corrected chi connectivity index (χ4v) is 10.2. The summed E-state index contributed by atoms with van der Waals surface area (Å²) in [5.74, 6) is -10.8. The molecule has 0 spiro atoms. The Bertz CT molecular complexity index is 2330. The number of carbonyl (C=O) groups excluding carboxylic acids is 11.